The van der Waals surface area contributed by atoms with Crippen LogP contribution in [0, 0.1) is 0 Å². The van der Waals surface area contributed by atoms with Crippen LogP contribution >= 0.6 is 98.2 Å². The van der Waals surface area contributed by atoms with E-state index in [0.717, 1.165) is 15.1 Å². The van der Waals surface area contributed by atoms with Gasteiger partial charge >= 0.3 is 0 Å². The van der Waals surface area contributed by atoms with Crippen molar-refractivity contribution in [3.05, 3.63) is 58.8 Å². The zero-order chi connectivity index (χ0) is 24.1. The zero-order valence-electron chi connectivity index (χ0n) is 16.4. The summed E-state index contributed by atoms with van der Waals surface area (Å²) in [7, 11) is 0. The molecular weight excluding hydrogens is 760 g/mol. The molecule has 14 heteroatoms. The first-order valence-corrected chi connectivity index (χ1v) is 15.1. The first kappa shape index (κ1) is 24.5. The number of amides is 3. The number of imide groups is 1. The molecule has 4 aromatic rings. The molecule has 0 aliphatic carbocycles. The molecular formula is C20H8Br4N4O3S3. The van der Waals surface area contributed by atoms with E-state index in [2.05, 4.69) is 79.0 Å². The molecule has 5 rings (SSSR count). The summed E-state index contributed by atoms with van der Waals surface area (Å²) in [6.45, 7) is 0. The molecule has 7 nitrogen and oxygen atoms in total. The van der Waals surface area contributed by atoms with E-state index in [1.54, 1.807) is 29.8 Å². The van der Waals surface area contributed by atoms with Gasteiger partial charge in [-0.25, -0.2) is 14.9 Å². The molecule has 2 aromatic heterocycles. The fourth-order valence-electron chi connectivity index (χ4n) is 3.24. The van der Waals surface area contributed by atoms with E-state index in [1.807, 2.05) is 0 Å². The van der Waals surface area contributed by atoms with Crippen molar-refractivity contribution in [3.63, 3.8) is 0 Å². The molecule has 0 saturated carbocycles. The Morgan fingerprint density at radius 1 is 1.03 bits per heavy atom. The summed E-state index contributed by atoms with van der Waals surface area (Å²) < 4.78 is 3.80. The lowest BCUT2D eigenvalue weighted by atomic mass is 10.1. The summed E-state index contributed by atoms with van der Waals surface area (Å²) in [5.74, 6) is -0.813. The minimum Gasteiger partial charge on any atom is -0.301 e. The molecule has 0 bridgehead atoms. The van der Waals surface area contributed by atoms with E-state index in [9.17, 15) is 14.4 Å². The summed E-state index contributed by atoms with van der Waals surface area (Å²) in [6, 6.07) is 5.22. The van der Waals surface area contributed by atoms with E-state index < -0.39 is 11.8 Å². The van der Waals surface area contributed by atoms with Crippen molar-refractivity contribution in [2.24, 2.45) is 0 Å². The zero-order valence-corrected chi connectivity index (χ0v) is 25.2. The number of nitrogens with zero attached hydrogens (tertiary/aromatic N) is 3. The maximum absolute atomic E-state index is 13.2. The molecule has 2 aromatic carbocycles. The Labute approximate surface area is 238 Å². The molecule has 0 spiro atoms. The molecule has 1 aliphatic heterocycles. The van der Waals surface area contributed by atoms with E-state index in [4.69, 9.17) is 0 Å². The first-order valence-electron chi connectivity index (χ1n) is 9.23. The molecule has 1 N–H and O–H groups in total. The average Bonchev–Trinajstić information content (AvgIpc) is 3.52. The minimum atomic E-state index is -0.418. The SMILES string of the molecule is O=C(CSc1nc2ccc(N3C(=O)c4c(Br)c(Br)c(Br)c(Br)c4C3=O)cc2s1)Nc1nccs1. The van der Waals surface area contributed by atoms with Gasteiger partial charge < -0.3 is 5.32 Å². The van der Waals surface area contributed by atoms with Crippen LogP contribution in [-0.4, -0.2) is 33.4 Å². The number of fused-ring (bicyclic) bond motifs is 2. The maximum Gasteiger partial charge on any atom is 0.267 e. The van der Waals surface area contributed by atoms with Gasteiger partial charge in [0.25, 0.3) is 11.8 Å². The Hall–Kier alpha value is -1.16. The van der Waals surface area contributed by atoms with Gasteiger partial charge in [-0.2, -0.15) is 0 Å². The van der Waals surface area contributed by atoms with E-state index in [-0.39, 0.29) is 11.7 Å². The predicted molar refractivity (Wildman–Crippen MR) is 149 cm³/mol. The lowest BCUT2D eigenvalue weighted by molar-refractivity contribution is -0.113. The van der Waals surface area contributed by atoms with Gasteiger partial charge in [-0.15, -0.1) is 22.7 Å². The number of benzene rings is 2. The van der Waals surface area contributed by atoms with Gasteiger partial charge in [0.05, 0.1) is 32.8 Å². The van der Waals surface area contributed by atoms with Gasteiger partial charge in [-0.3, -0.25) is 14.4 Å². The van der Waals surface area contributed by atoms with Crippen molar-refractivity contribution in [3.8, 4) is 0 Å². The molecule has 34 heavy (non-hydrogen) atoms. The Kier molecular flexibility index (Phi) is 7.01. The van der Waals surface area contributed by atoms with Crippen LogP contribution in [0.15, 0.2) is 52.0 Å². The molecule has 172 valence electrons. The highest BCUT2D eigenvalue weighted by molar-refractivity contribution is 9.15. The average molecular weight is 768 g/mol. The largest absolute Gasteiger partial charge is 0.301 e. The van der Waals surface area contributed by atoms with Gasteiger partial charge in [0.1, 0.15) is 0 Å². The van der Waals surface area contributed by atoms with Crippen LogP contribution in [0.5, 0.6) is 0 Å². The summed E-state index contributed by atoms with van der Waals surface area (Å²) >= 11 is 17.8. The predicted octanol–water partition coefficient (Wildman–Crippen LogP) is 7.33. The number of hydrogen-bond acceptors (Lipinski definition) is 8. The van der Waals surface area contributed by atoms with E-state index in [1.165, 1.54) is 34.4 Å². The van der Waals surface area contributed by atoms with Crippen molar-refractivity contribution >= 4 is 137 Å². The van der Waals surface area contributed by atoms with Crippen molar-refractivity contribution in [2.75, 3.05) is 16.0 Å². The highest BCUT2D eigenvalue weighted by atomic mass is 79.9. The summed E-state index contributed by atoms with van der Waals surface area (Å²) in [5, 5.41) is 5.08. The third kappa shape index (κ3) is 4.31. The van der Waals surface area contributed by atoms with Crippen LogP contribution in [-0.2, 0) is 4.79 Å². The Bertz CT molecular complexity index is 1460. The molecule has 0 fully saturated rings. The number of nitrogens with one attached hydrogen (secondary N) is 1. The third-order valence-corrected chi connectivity index (χ3v) is 12.3. The number of rotatable bonds is 5. The lowest BCUT2D eigenvalue weighted by Gasteiger charge is -2.13. The smallest absolute Gasteiger partial charge is 0.267 e. The lowest BCUT2D eigenvalue weighted by Crippen LogP contribution is -2.29. The van der Waals surface area contributed by atoms with Crippen LogP contribution in [0.1, 0.15) is 20.7 Å². The number of halogens is 4. The normalized spacial score (nSPS) is 13.1. The van der Waals surface area contributed by atoms with Crippen LogP contribution < -0.4 is 10.2 Å². The summed E-state index contributed by atoms with van der Waals surface area (Å²) in [6.07, 6.45) is 1.63. The van der Waals surface area contributed by atoms with Gasteiger partial charge in [0, 0.05) is 29.5 Å². The monoisotopic (exact) mass is 764 g/mol. The van der Waals surface area contributed by atoms with Crippen molar-refractivity contribution in [2.45, 2.75) is 4.34 Å². The second-order valence-corrected chi connectivity index (χ2v) is 13.1. The minimum absolute atomic E-state index is 0.167. The van der Waals surface area contributed by atoms with Crippen LogP contribution in [0.4, 0.5) is 10.8 Å². The van der Waals surface area contributed by atoms with Crippen molar-refractivity contribution in [1.29, 1.82) is 0 Å². The second kappa shape index (κ2) is 9.71. The molecule has 0 atom stereocenters. The molecule has 3 heterocycles. The van der Waals surface area contributed by atoms with E-state index >= 15 is 0 Å². The Balaban J connectivity index is 1.40. The second-order valence-electron chi connectivity index (χ2n) is 6.76. The number of thiazole rings is 2. The number of carbonyl (C=O) groups excluding carboxylic acids is 3. The van der Waals surface area contributed by atoms with Crippen LogP contribution in [0.25, 0.3) is 10.2 Å². The number of thioether (sulfide) groups is 1. The molecule has 0 unspecified atom stereocenters. The van der Waals surface area contributed by atoms with Crippen LogP contribution in [0.2, 0.25) is 0 Å². The highest BCUT2D eigenvalue weighted by Crippen LogP contribution is 2.46. The maximum atomic E-state index is 13.2. The number of aromatic nitrogens is 2. The standard InChI is InChI=1S/C20H8Br4N4O3S3/c21-13-11-12(14(22)16(24)15(13)23)18(31)28(17(11)30)7-1-2-8-9(5-7)34-20(26-8)33-6-10(29)27-19-25-3-4-32-19/h1-5H,6H2,(H,25,27,29). The number of hydrogen-bond donors (Lipinski definition) is 1. The fraction of sp³-hybridized carbons (Fsp3) is 0.0500. The third-order valence-electron chi connectivity index (χ3n) is 4.72. The molecule has 0 saturated heterocycles. The molecule has 1 aliphatic rings. The number of anilines is 2. The quantitative estimate of drug-likeness (QED) is 0.0990. The first-order chi connectivity index (χ1) is 16.3. The Morgan fingerprint density at radius 2 is 1.71 bits per heavy atom. The van der Waals surface area contributed by atoms with Crippen molar-refractivity contribution < 1.29 is 14.4 Å². The van der Waals surface area contributed by atoms with E-state index in [0.29, 0.717) is 44.2 Å². The summed E-state index contributed by atoms with van der Waals surface area (Å²) in [4.78, 5) is 48.4. The molecule has 3 amide bonds. The van der Waals surface area contributed by atoms with Gasteiger partial charge in [-0.05, 0) is 81.9 Å². The molecule has 0 radical (unpaired) electrons. The van der Waals surface area contributed by atoms with Crippen molar-refractivity contribution in [1.82, 2.24) is 9.97 Å². The highest BCUT2D eigenvalue weighted by Gasteiger charge is 2.42. The topological polar surface area (TPSA) is 92.3 Å². The number of carbonyl (C=O) groups is 3. The van der Waals surface area contributed by atoms with Gasteiger partial charge in [0.15, 0.2) is 9.47 Å². The Morgan fingerprint density at radius 3 is 2.32 bits per heavy atom. The van der Waals surface area contributed by atoms with Gasteiger partial charge in [0.2, 0.25) is 5.91 Å². The fourth-order valence-corrected chi connectivity index (χ4v) is 8.15. The van der Waals surface area contributed by atoms with Gasteiger partial charge in [-0.1, -0.05) is 11.8 Å². The summed E-state index contributed by atoms with van der Waals surface area (Å²) in [5.41, 5.74) is 1.75. The van der Waals surface area contributed by atoms with Crippen LogP contribution in [0.3, 0.4) is 0 Å².